The fourth-order valence-corrected chi connectivity index (χ4v) is 9.01. The molecule has 1 heterocycles. The average molecular weight is 765 g/mol. The van der Waals surface area contributed by atoms with Crippen molar-refractivity contribution in [2.75, 3.05) is 4.90 Å². The molecule has 282 valence electrons. The number of hydrogen-bond donors (Lipinski definition) is 0. The van der Waals surface area contributed by atoms with Gasteiger partial charge in [-0.2, -0.15) is 0 Å². The summed E-state index contributed by atoms with van der Waals surface area (Å²) in [6.07, 6.45) is 0. The van der Waals surface area contributed by atoms with Crippen LogP contribution in [0, 0.1) is 0 Å². The number of nitrogens with zero attached hydrogens (tertiary/aromatic N) is 2. The zero-order chi connectivity index (χ0) is 39.8. The number of anilines is 3. The van der Waals surface area contributed by atoms with Crippen molar-refractivity contribution < 1.29 is 0 Å². The minimum absolute atomic E-state index is 1.09. The smallest absolute Gasteiger partial charge is 0.0541 e. The van der Waals surface area contributed by atoms with Gasteiger partial charge in [0.2, 0.25) is 0 Å². The summed E-state index contributed by atoms with van der Waals surface area (Å²) in [5.74, 6) is 0. The third-order valence-electron chi connectivity index (χ3n) is 11.8. The molecule has 0 amide bonds. The van der Waals surface area contributed by atoms with E-state index in [9.17, 15) is 0 Å². The topological polar surface area (TPSA) is 8.17 Å². The van der Waals surface area contributed by atoms with E-state index in [2.05, 4.69) is 252 Å². The summed E-state index contributed by atoms with van der Waals surface area (Å²) in [4.78, 5) is 2.37. The second-order valence-corrected chi connectivity index (χ2v) is 15.3. The highest BCUT2D eigenvalue weighted by molar-refractivity contribution is 6.10. The first kappa shape index (κ1) is 35.2. The lowest BCUT2D eigenvalue weighted by Crippen LogP contribution is -2.10. The van der Waals surface area contributed by atoms with Crippen LogP contribution in [0.1, 0.15) is 0 Å². The van der Waals surface area contributed by atoms with Gasteiger partial charge in [-0.1, -0.05) is 182 Å². The van der Waals surface area contributed by atoms with E-state index in [4.69, 9.17) is 0 Å². The highest BCUT2D eigenvalue weighted by Crippen LogP contribution is 2.44. The molecule has 0 aliphatic carbocycles. The summed E-state index contributed by atoms with van der Waals surface area (Å²) in [5.41, 5.74) is 16.3. The summed E-state index contributed by atoms with van der Waals surface area (Å²) >= 11 is 0. The van der Waals surface area contributed by atoms with Gasteiger partial charge in [0.25, 0.3) is 0 Å². The number of rotatable bonds is 8. The van der Waals surface area contributed by atoms with Crippen LogP contribution in [0.2, 0.25) is 0 Å². The van der Waals surface area contributed by atoms with Crippen LogP contribution in [0.4, 0.5) is 17.1 Å². The third-order valence-corrected chi connectivity index (χ3v) is 11.8. The van der Waals surface area contributed by atoms with Gasteiger partial charge in [0.1, 0.15) is 0 Å². The molecule has 60 heavy (non-hydrogen) atoms. The highest BCUT2D eigenvalue weighted by atomic mass is 15.1. The second-order valence-electron chi connectivity index (χ2n) is 15.3. The summed E-state index contributed by atoms with van der Waals surface area (Å²) in [7, 11) is 0. The molecule has 2 heteroatoms. The second kappa shape index (κ2) is 15.1. The molecule has 0 aliphatic heterocycles. The number of para-hydroxylation sites is 4. The maximum atomic E-state index is 2.43. The van der Waals surface area contributed by atoms with Crippen molar-refractivity contribution in [3.8, 4) is 50.2 Å². The van der Waals surface area contributed by atoms with Crippen LogP contribution in [0.5, 0.6) is 0 Å². The lowest BCUT2D eigenvalue weighted by atomic mass is 9.92. The Morgan fingerprint density at radius 2 is 0.800 bits per heavy atom. The molecule has 11 aromatic rings. The van der Waals surface area contributed by atoms with Gasteiger partial charge in [0.05, 0.1) is 16.7 Å². The number of aromatic nitrogens is 1. The van der Waals surface area contributed by atoms with Crippen molar-refractivity contribution in [3.63, 3.8) is 0 Å². The van der Waals surface area contributed by atoms with Crippen LogP contribution in [-0.4, -0.2) is 4.57 Å². The molecule has 0 atom stereocenters. The molecule has 0 saturated heterocycles. The number of benzene rings is 10. The summed E-state index contributed by atoms with van der Waals surface area (Å²) < 4.78 is 2.43. The van der Waals surface area contributed by atoms with Crippen LogP contribution in [-0.2, 0) is 0 Å². The van der Waals surface area contributed by atoms with E-state index in [0.717, 1.165) is 22.7 Å². The minimum Gasteiger partial charge on any atom is -0.310 e. The van der Waals surface area contributed by atoms with Gasteiger partial charge in [-0.25, -0.2) is 0 Å². The standard InChI is InChI=1S/C58H40N2/c1-3-17-43(18-4-1)55-40-48(37-38-51(55)52-26-9-12-30-56(52)60-57-31-13-10-27-53(57)54-28-11-14-32-58(54)60)59(46-23-5-2-6-24-46)47-35-33-41(34-36-47)44-21-15-22-45(39-44)50-29-16-20-42-19-7-8-25-49(42)50/h1-40H. The molecule has 0 aliphatic rings. The Morgan fingerprint density at radius 3 is 1.57 bits per heavy atom. The van der Waals surface area contributed by atoms with E-state index in [1.54, 1.807) is 0 Å². The number of fused-ring (bicyclic) bond motifs is 4. The van der Waals surface area contributed by atoms with Crippen LogP contribution in [0.15, 0.2) is 243 Å². The Bertz CT molecular complexity index is 3250. The fraction of sp³-hybridized carbons (Fsp3) is 0. The molecule has 0 spiro atoms. The first-order valence-electron chi connectivity index (χ1n) is 20.6. The Morgan fingerprint density at radius 1 is 0.267 bits per heavy atom. The molecular weight excluding hydrogens is 725 g/mol. The van der Waals surface area contributed by atoms with Gasteiger partial charge in [-0.3, -0.25) is 0 Å². The van der Waals surface area contributed by atoms with Gasteiger partial charge in [-0.15, -0.1) is 0 Å². The molecular formula is C58H40N2. The highest BCUT2D eigenvalue weighted by Gasteiger charge is 2.20. The summed E-state index contributed by atoms with van der Waals surface area (Å²) in [5, 5.41) is 5.02. The molecule has 10 aromatic carbocycles. The Hall–Kier alpha value is -7.94. The van der Waals surface area contributed by atoms with E-state index < -0.39 is 0 Å². The van der Waals surface area contributed by atoms with Gasteiger partial charge >= 0.3 is 0 Å². The molecule has 2 nitrogen and oxygen atoms in total. The van der Waals surface area contributed by atoms with E-state index in [1.807, 2.05) is 0 Å². The largest absolute Gasteiger partial charge is 0.310 e. The van der Waals surface area contributed by atoms with Crippen molar-refractivity contribution in [2.24, 2.45) is 0 Å². The van der Waals surface area contributed by atoms with Crippen molar-refractivity contribution in [3.05, 3.63) is 243 Å². The minimum atomic E-state index is 1.09. The van der Waals surface area contributed by atoms with Gasteiger partial charge in [-0.05, 0) is 110 Å². The Labute approximate surface area is 350 Å². The summed E-state index contributed by atoms with van der Waals surface area (Å²) in [6, 6.07) is 87.8. The molecule has 0 radical (unpaired) electrons. The maximum absolute atomic E-state index is 2.43. The van der Waals surface area contributed by atoms with E-state index in [0.29, 0.717) is 0 Å². The van der Waals surface area contributed by atoms with Crippen LogP contribution in [0.25, 0.3) is 82.8 Å². The first-order valence-corrected chi connectivity index (χ1v) is 20.6. The van der Waals surface area contributed by atoms with Crippen molar-refractivity contribution in [1.82, 2.24) is 4.57 Å². The average Bonchev–Trinajstić information content (AvgIpc) is 3.66. The molecule has 0 saturated carbocycles. The molecule has 0 fully saturated rings. The fourth-order valence-electron chi connectivity index (χ4n) is 9.01. The number of hydrogen-bond acceptors (Lipinski definition) is 1. The Balaban J connectivity index is 1.03. The SMILES string of the molecule is c1ccc(-c2cc(N(c3ccccc3)c3ccc(-c4cccc(-c5cccc6ccccc56)c4)cc3)ccc2-c2ccccc2-n2c3ccccc3c3ccccc32)cc1. The maximum Gasteiger partial charge on any atom is 0.0541 e. The van der Waals surface area contributed by atoms with Crippen molar-refractivity contribution in [2.45, 2.75) is 0 Å². The lowest BCUT2D eigenvalue weighted by Gasteiger charge is -2.27. The quantitative estimate of drug-likeness (QED) is 0.150. The van der Waals surface area contributed by atoms with Gasteiger partial charge in [0.15, 0.2) is 0 Å². The van der Waals surface area contributed by atoms with Crippen LogP contribution >= 0.6 is 0 Å². The van der Waals surface area contributed by atoms with Gasteiger partial charge < -0.3 is 9.47 Å². The normalized spacial score (nSPS) is 11.3. The third kappa shape index (κ3) is 6.23. The zero-order valence-electron chi connectivity index (χ0n) is 33.0. The molecule has 11 rings (SSSR count). The predicted octanol–water partition coefficient (Wildman–Crippen LogP) is 16.1. The lowest BCUT2D eigenvalue weighted by molar-refractivity contribution is 1.18. The van der Waals surface area contributed by atoms with E-state index >= 15 is 0 Å². The molecule has 0 unspecified atom stereocenters. The van der Waals surface area contributed by atoms with Crippen molar-refractivity contribution >= 4 is 49.6 Å². The monoisotopic (exact) mass is 764 g/mol. The van der Waals surface area contributed by atoms with E-state index in [1.165, 1.54) is 77.1 Å². The first-order chi connectivity index (χ1) is 29.8. The predicted molar refractivity (Wildman–Crippen MR) is 255 cm³/mol. The van der Waals surface area contributed by atoms with E-state index in [-0.39, 0.29) is 0 Å². The molecule has 1 aromatic heterocycles. The van der Waals surface area contributed by atoms with Crippen LogP contribution in [0.3, 0.4) is 0 Å². The Kier molecular flexibility index (Phi) is 8.87. The molecule has 0 N–H and O–H groups in total. The van der Waals surface area contributed by atoms with Gasteiger partial charge in [0, 0.05) is 33.4 Å². The van der Waals surface area contributed by atoms with Crippen molar-refractivity contribution in [1.29, 1.82) is 0 Å². The zero-order valence-corrected chi connectivity index (χ0v) is 33.0. The summed E-state index contributed by atoms with van der Waals surface area (Å²) in [6.45, 7) is 0. The van der Waals surface area contributed by atoms with Crippen LogP contribution < -0.4 is 4.90 Å². The molecule has 0 bridgehead atoms.